The van der Waals surface area contributed by atoms with Crippen molar-refractivity contribution in [2.24, 2.45) is 0 Å². The van der Waals surface area contributed by atoms with E-state index in [9.17, 15) is 9.59 Å². The molecular formula is C15H21N5O3. The largest absolute Gasteiger partial charge is 0.383 e. The topological polar surface area (TPSA) is 102 Å². The summed E-state index contributed by atoms with van der Waals surface area (Å²) >= 11 is 0. The lowest BCUT2D eigenvalue weighted by Crippen LogP contribution is -2.32. The van der Waals surface area contributed by atoms with Gasteiger partial charge >= 0.3 is 0 Å². The molecule has 0 atom stereocenters. The Hall–Kier alpha value is -2.48. The molecule has 2 aromatic heterocycles. The molecule has 8 heteroatoms. The third-order valence-corrected chi connectivity index (χ3v) is 3.46. The minimum absolute atomic E-state index is 0.149. The predicted octanol–water partition coefficient (Wildman–Crippen LogP) is 0.202. The highest BCUT2D eigenvalue weighted by molar-refractivity contribution is 5.95. The van der Waals surface area contributed by atoms with Crippen LogP contribution in [0.15, 0.2) is 17.2 Å². The molecule has 0 radical (unpaired) electrons. The average Bonchev–Trinajstić information content (AvgIpc) is 2.91. The number of nitrogens with one attached hydrogen (secondary N) is 2. The molecule has 2 rings (SSSR count). The Bertz CT molecular complexity index is 735. The van der Waals surface area contributed by atoms with Gasteiger partial charge in [0.25, 0.3) is 11.5 Å². The van der Waals surface area contributed by atoms with Crippen molar-refractivity contribution in [2.75, 3.05) is 20.3 Å². The van der Waals surface area contributed by atoms with Gasteiger partial charge in [0, 0.05) is 32.3 Å². The van der Waals surface area contributed by atoms with E-state index < -0.39 is 0 Å². The predicted molar refractivity (Wildman–Crippen MR) is 84.5 cm³/mol. The van der Waals surface area contributed by atoms with Crippen molar-refractivity contribution in [3.05, 3.63) is 45.4 Å². The van der Waals surface area contributed by atoms with Crippen molar-refractivity contribution < 1.29 is 9.53 Å². The van der Waals surface area contributed by atoms with Crippen molar-refractivity contribution in [1.82, 2.24) is 25.1 Å². The Morgan fingerprint density at radius 1 is 1.43 bits per heavy atom. The molecule has 0 aromatic carbocycles. The molecule has 1 amide bonds. The second kappa shape index (κ2) is 7.68. The van der Waals surface area contributed by atoms with Crippen molar-refractivity contribution in [2.45, 2.75) is 26.8 Å². The van der Waals surface area contributed by atoms with E-state index in [0.717, 1.165) is 11.5 Å². The lowest BCUT2D eigenvalue weighted by Gasteiger charge is -2.08. The molecule has 0 bridgehead atoms. The molecule has 0 saturated carbocycles. The number of carbonyl (C=O) groups is 1. The summed E-state index contributed by atoms with van der Waals surface area (Å²) in [5.41, 5.74) is 1.17. The quantitative estimate of drug-likeness (QED) is 0.759. The van der Waals surface area contributed by atoms with Gasteiger partial charge in [-0.2, -0.15) is 0 Å². The van der Waals surface area contributed by atoms with Crippen LogP contribution in [0.3, 0.4) is 0 Å². The van der Waals surface area contributed by atoms with Gasteiger partial charge in [-0.3, -0.25) is 9.59 Å². The Labute approximate surface area is 133 Å². The fourth-order valence-electron chi connectivity index (χ4n) is 2.36. The van der Waals surface area contributed by atoms with Crippen LogP contribution >= 0.6 is 0 Å². The van der Waals surface area contributed by atoms with Crippen LogP contribution < -0.4 is 10.9 Å². The van der Waals surface area contributed by atoms with Crippen molar-refractivity contribution in [1.29, 1.82) is 0 Å². The Kier molecular flexibility index (Phi) is 5.64. The maximum Gasteiger partial charge on any atom is 0.261 e. The van der Waals surface area contributed by atoms with E-state index in [1.54, 1.807) is 33.4 Å². The number of nitrogens with zero attached hydrogens (tertiary/aromatic N) is 3. The van der Waals surface area contributed by atoms with Gasteiger partial charge in [-0.05, 0) is 25.5 Å². The third-order valence-electron chi connectivity index (χ3n) is 3.46. The summed E-state index contributed by atoms with van der Waals surface area (Å²) in [6, 6.07) is 1.78. The van der Waals surface area contributed by atoms with E-state index >= 15 is 0 Å². The number of hydrogen-bond donors (Lipinski definition) is 2. The first-order valence-corrected chi connectivity index (χ1v) is 7.37. The zero-order valence-electron chi connectivity index (χ0n) is 13.5. The summed E-state index contributed by atoms with van der Waals surface area (Å²) in [6.07, 6.45) is 2.16. The van der Waals surface area contributed by atoms with Crippen molar-refractivity contribution in [3.8, 4) is 0 Å². The standard InChI is InChI=1S/C15H21N5O3/c1-10-8-11(2)18-15(22)13(10)14(21)16-5-4-12-19-17-9-20(12)6-7-23-3/h8-9H,4-7H2,1-3H3,(H,16,21)(H,18,22). The second-order valence-electron chi connectivity index (χ2n) is 5.28. The summed E-state index contributed by atoms with van der Waals surface area (Å²) < 4.78 is 6.90. The molecule has 0 fully saturated rings. The van der Waals surface area contributed by atoms with Crippen molar-refractivity contribution in [3.63, 3.8) is 0 Å². The van der Waals surface area contributed by atoms with Gasteiger partial charge in [-0.15, -0.1) is 10.2 Å². The maximum absolute atomic E-state index is 12.2. The van der Waals surface area contributed by atoms with Gasteiger partial charge in [0.05, 0.1) is 6.61 Å². The second-order valence-corrected chi connectivity index (χ2v) is 5.28. The van der Waals surface area contributed by atoms with Gasteiger partial charge in [0.15, 0.2) is 0 Å². The first kappa shape index (κ1) is 16.9. The van der Waals surface area contributed by atoms with E-state index in [4.69, 9.17) is 4.74 Å². The summed E-state index contributed by atoms with van der Waals surface area (Å²) in [4.78, 5) is 26.7. The van der Waals surface area contributed by atoms with E-state index in [1.165, 1.54) is 0 Å². The zero-order chi connectivity index (χ0) is 16.8. The normalized spacial score (nSPS) is 10.7. The molecule has 0 spiro atoms. The first-order valence-electron chi connectivity index (χ1n) is 7.37. The molecule has 8 nitrogen and oxygen atoms in total. The number of methoxy groups -OCH3 is 1. The summed E-state index contributed by atoms with van der Waals surface area (Å²) in [5, 5.41) is 10.6. The van der Waals surface area contributed by atoms with Crippen LogP contribution in [0.2, 0.25) is 0 Å². The van der Waals surface area contributed by atoms with Gasteiger partial charge in [-0.25, -0.2) is 0 Å². The van der Waals surface area contributed by atoms with Gasteiger partial charge < -0.3 is 19.6 Å². The monoisotopic (exact) mass is 319 g/mol. The van der Waals surface area contributed by atoms with Crippen LogP contribution in [-0.4, -0.2) is 45.9 Å². The summed E-state index contributed by atoms with van der Waals surface area (Å²) in [7, 11) is 1.63. The molecular weight excluding hydrogens is 298 g/mol. The highest BCUT2D eigenvalue weighted by Crippen LogP contribution is 2.03. The molecule has 2 heterocycles. The number of carbonyl (C=O) groups excluding carboxylic acids is 1. The number of aromatic amines is 1. The number of aromatic nitrogens is 4. The molecule has 0 aliphatic heterocycles. The number of ether oxygens (including phenoxy) is 1. The van der Waals surface area contributed by atoms with E-state index in [0.29, 0.717) is 31.7 Å². The van der Waals surface area contributed by atoms with E-state index in [1.807, 2.05) is 4.57 Å². The fraction of sp³-hybridized carbons (Fsp3) is 0.467. The number of amides is 1. The summed E-state index contributed by atoms with van der Waals surface area (Å²) in [5.74, 6) is 0.378. The maximum atomic E-state index is 12.2. The van der Waals surface area contributed by atoms with Crippen LogP contribution in [-0.2, 0) is 17.7 Å². The Morgan fingerprint density at radius 2 is 2.22 bits per heavy atom. The van der Waals surface area contributed by atoms with Gasteiger partial charge in [0.1, 0.15) is 17.7 Å². The molecule has 0 aliphatic carbocycles. The Balaban J connectivity index is 1.96. The number of aryl methyl sites for hydroxylation is 2. The number of H-pyrrole nitrogens is 1. The van der Waals surface area contributed by atoms with Crippen molar-refractivity contribution >= 4 is 5.91 Å². The first-order chi connectivity index (χ1) is 11.0. The zero-order valence-corrected chi connectivity index (χ0v) is 13.5. The molecule has 2 aromatic rings. The molecule has 2 N–H and O–H groups in total. The van der Waals surface area contributed by atoms with Crippen LogP contribution in [0.4, 0.5) is 0 Å². The van der Waals surface area contributed by atoms with E-state index in [2.05, 4.69) is 20.5 Å². The fourth-order valence-corrected chi connectivity index (χ4v) is 2.36. The minimum atomic E-state index is -0.383. The third kappa shape index (κ3) is 4.26. The molecule has 0 unspecified atom stereocenters. The van der Waals surface area contributed by atoms with E-state index in [-0.39, 0.29) is 17.0 Å². The number of pyridine rings is 1. The highest BCUT2D eigenvalue weighted by Gasteiger charge is 2.14. The molecule has 0 aliphatic rings. The SMILES string of the molecule is COCCn1cnnc1CCNC(=O)c1c(C)cc(C)[nH]c1=O. The van der Waals surface area contributed by atoms with Gasteiger partial charge in [0.2, 0.25) is 0 Å². The molecule has 0 saturated heterocycles. The minimum Gasteiger partial charge on any atom is -0.383 e. The average molecular weight is 319 g/mol. The lowest BCUT2D eigenvalue weighted by atomic mass is 10.1. The highest BCUT2D eigenvalue weighted by atomic mass is 16.5. The smallest absolute Gasteiger partial charge is 0.261 e. The van der Waals surface area contributed by atoms with Crippen LogP contribution in [0, 0.1) is 13.8 Å². The lowest BCUT2D eigenvalue weighted by molar-refractivity contribution is 0.0951. The number of hydrogen-bond acceptors (Lipinski definition) is 5. The number of rotatable bonds is 7. The molecule has 124 valence electrons. The van der Waals surface area contributed by atoms with Crippen LogP contribution in [0.25, 0.3) is 0 Å². The Morgan fingerprint density at radius 3 is 2.91 bits per heavy atom. The summed E-state index contributed by atoms with van der Waals surface area (Å²) in [6.45, 7) is 5.12. The molecule has 23 heavy (non-hydrogen) atoms. The van der Waals surface area contributed by atoms with Crippen LogP contribution in [0.1, 0.15) is 27.4 Å². The van der Waals surface area contributed by atoms with Gasteiger partial charge in [-0.1, -0.05) is 0 Å². The van der Waals surface area contributed by atoms with Crippen LogP contribution in [0.5, 0.6) is 0 Å².